The summed E-state index contributed by atoms with van der Waals surface area (Å²) in [5.74, 6) is 0.789. The van der Waals surface area contributed by atoms with Gasteiger partial charge < -0.3 is 20.7 Å². The maximum Gasteiger partial charge on any atom is 0.120 e. The van der Waals surface area contributed by atoms with Crippen LogP contribution in [-0.2, 0) is 0 Å². The van der Waals surface area contributed by atoms with E-state index in [0.717, 1.165) is 30.1 Å². The zero-order valence-corrected chi connectivity index (χ0v) is 11.3. The van der Waals surface area contributed by atoms with Crippen LogP contribution in [0.2, 0.25) is 0 Å². The zero-order chi connectivity index (χ0) is 12.8. The molecule has 0 heterocycles. The summed E-state index contributed by atoms with van der Waals surface area (Å²) in [4.78, 5) is 2.49. The van der Waals surface area contributed by atoms with E-state index in [-0.39, 0.29) is 0 Å². The number of likely N-dealkylation sites (N-methyl/N-ethyl adjacent to an activating group) is 1. The number of rotatable bonds is 6. The van der Waals surface area contributed by atoms with Crippen LogP contribution >= 0.6 is 12.2 Å². The fourth-order valence-electron chi connectivity index (χ4n) is 1.43. The molecular formula is C12H19N3OS. The number of nitrogens with two attached hydrogens (primary N) is 1. The number of ether oxygens (including phenoxy) is 1. The van der Waals surface area contributed by atoms with Crippen molar-refractivity contribution in [2.24, 2.45) is 5.73 Å². The van der Waals surface area contributed by atoms with Crippen molar-refractivity contribution in [3.63, 3.8) is 0 Å². The zero-order valence-electron chi connectivity index (χ0n) is 10.5. The summed E-state index contributed by atoms with van der Waals surface area (Å²) < 4.78 is 5.18. The van der Waals surface area contributed by atoms with E-state index in [0.29, 0.717) is 4.99 Å². The van der Waals surface area contributed by atoms with Crippen LogP contribution < -0.4 is 15.8 Å². The second kappa shape index (κ2) is 6.42. The molecule has 0 saturated heterocycles. The minimum absolute atomic E-state index is 0.389. The Labute approximate surface area is 108 Å². The van der Waals surface area contributed by atoms with E-state index in [1.54, 1.807) is 7.11 Å². The van der Waals surface area contributed by atoms with Gasteiger partial charge in [-0.2, -0.15) is 0 Å². The highest BCUT2D eigenvalue weighted by molar-refractivity contribution is 7.80. The second-order valence-corrected chi connectivity index (χ2v) is 4.45. The third-order valence-corrected chi connectivity index (χ3v) is 2.59. The summed E-state index contributed by atoms with van der Waals surface area (Å²) in [6, 6.07) is 5.63. The lowest BCUT2D eigenvalue weighted by molar-refractivity contribution is 0.414. The van der Waals surface area contributed by atoms with Gasteiger partial charge in [-0.1, -0.05) is 12.2 Å². The second-order valence-electron chi connectivity index (χ2n) is 4.01. The lowest BCUT2D eigenvalue weighted by Crippen LogP contribution is -2.22. The molecule has 0 saturated carbocycles. The van der Waals surface area contributed by atoms with Gasteiger partial charge in [0, 0.05) is 30.4 Å². The molecule has 3 N–H and O–H groups in total. The van der Waals surface area contributed by atoms with Crippen LogP contribution in [0.4, 0.5) is 5.69 Å². The Balaban J connectivity index is 2.82. The van der Waals surface area contributed by atoms with Crippen molar-refractivity contribution in [2.45, 2.75) is 0 Å². The van der Waals surface area contributed by atoms with Gasteiger partial charge in [0.2, 0.25) is 0 Å². The quantitative estimate of drug-likeness (QED) is 0.749. The molecule has 0 aliphatic heterocycles. The fourth-order valence-corrected chi connectivity index (χ4v) is 1.60. The van der Waals surface area contributed by atoms with Crippen molar-refractivity contribution in [1.29, 1.82) is 0 Å². The van der Waals surface area contributed by atoms with Crippen LogP contribution in [0.1, 0.15) is 5.56 Å². The third-order valence-electron chi connectivity index (χ3n) is 2.37. The summed E-state index contributed by atoms with van der Waals surface area (Å²) >= 11 is 5.02. The molecule has 0 bridgehead atoms. The van der Waals surface area contributed by atoms with Gasteiger partial charge in [-0.3, -0.25) is 0 Å². The minimum atomic E-state index is 0.389. The van der Waals surface area contributed by atoms with E-state index >= 15 is 0 Å². The molecule has 17 heavy (non-hydrogen) atoms. The van der Waals surface area contributed by atoms with Gasteiger partial charge in [0.05, 0.1) is 7.11 Å². The van der Waals surface area contributed by atoms with Crippen molar-refractivity contribution in [2.75, 3.05) is 39.6 Å². The summed E-state index contributed by atoms with van der Waals surface area (Å²) in [5.41, 5.74) is 7.44. The topological polar surface area (TPSA) is 50.5 Å². The van der Waals surface area contributed by atoms with Crippen molar-refractivity contribution in [3.05, 3.63) is 23.8 Å². The summed E-state index contributed by atoms with van der Waals surface area (Å²) in [5, 5.41) is 3.31. The largest absolute Gasteiger partial charge is 0.497 e. The first-order valence-corrected chi connectivity index (χ1v) is 5.82. The Hall–Kier alpha value is -1.33. The molecule has 0 radical (unpaired) electrons. The van der Waals surface area contributed by atoms with Crippen LogP contribution in [0.25, 0.3) is 0 Å². The van der Waals surface area contributed by atoms with Crippen molar-refractivity contribution >= 4 is 22.9 Å². The van der Waals surface area contributed by atoms with E-state index in [9.17, 15) is 0 Å². The van der Waals surface area contributed by atoms with Crippen LogP contribution in [0.3, 0.4) is 0 Å². The van der Waals surface area contributed by atoms with Crippen LogP contribution in [0.5, 0.6) is 5.75 Å². The molecular weight excluding hydrogens is 234 g/mol. The lowest BCUT2D eigenvalue weighted by atomic mass is 10.1. The van der Waals surface area contributed by atoms with Gasteiger partial charge >= 0.3 is 0 Å². The van der Waals surface area contributed by atoms with E-state index in [4.69, 9.17) is 22.7 Å². The number of anilines is 1. The summed E-state index contributed by atoms with van der Waals surface area (Å²) in [7, 11) is 5.70. The molecule has 0 aliphatic rings. The monoisotopic (exact) mass is 253 g/mol. The van der Waals surface area contributed by atoms with Gasteiger partial charge in [-0.15, -0.1) is 0 Å². The van der Waals surface area contributed by atoms with E-state index in [1.807, 2.05) is 32.3 Å². The van der Waals surface area contributed by atoms with Gasteiger partial charge in [0.15, 0.2) is 0 Å². The Morgan fingerprint density at radius 2 is 2.18 bits per heavy atom. The molecule has 94 valence electrons. The standard InChI is InChI=1S/C12H19N3OS/c1-15(2)7-6-14-11-8-9(16-3)4-5-10(11)12(13)17/h4-5,8,14H,6-7H2,1-3H3,(H2,13,17). The predicted molar refractivity (Wildman–Crippen MR) is 75.9 cm³/mol. The molecule has 0 aromatic heterocycles. The fraction of sp³-hybridized carbons (Fsp3) is 0.417. The molecule has 0 fully saturated rings. The molecule has 4 nitrogen and oxygen atoms in total. The Morgan fingerprint density at radius 3 is 2.71 bits per heavy atom. The summed E-state index contributed by atoms with van der Waals surface area (Å²) in [6.45, 7) is 1.77. The molecule has 5 heteroatoms. The first-order chi connectivity index (χ1) is 8.04. The number of methoxy groups -OCH3 is 1. The highest BCUT2D eigenvalue weighted by atomic mass is 32.1. The first-order valence-electron chi connectivity index (χ1n) is 5.41. The molecule has 0 amide bonds. The first kappa shape index (κ1) is 13.7. The van der Waals surface area contributed by atoms with Gasteiger partial charge in [-0.05, 0) is 26.2 Å². The molecule has 0 aliphatic carbocycles. The molecule has 1 aromatic rings. The number of hydrogen-bond acceptors (Lipinski definition) is 4. The highest BCUT2D eigenvalue weighted by Gasteiger charge is 2.06. The van der Waals surface area contributed by atoms with Crippen molar-refractivity contribution < 1.29 is 4.74 Å². The Bertz CT molecular complexity index is 393. The molecule has 1 rings (SSSR count). The van der Waals surface area contributed by atoms with E-state index in [1.165, 1.54) is 0 Å². The van der Waals surface area contributed by atoms with Gasteiger partial charge in [0.1, 0.15) is 10.7 Å². The maximum atomic E-state index is 5.68. The van der Waals surface area contributed by atoms with Gasteiger partial charge in [-0.25, -0.2) is 0 Å². The third kappa shape index (κ3) is 4.20. The number of thiocarbonyl (C=S) groups is 1. The SMILES string of the molecule is COc1ccc(C(N)=S)c(NCCN(C)C)c1. The molecule has 1 aromatic carbocycles. The van der Waals surface area contributed by atoms with Crippen molar-refractivity contribution in [3.8, 4) is 5.75 Å². The Kier molecular flexibility index (Phi) is 5.18. The van der Waals surface area contributed by atoms with Crippen LogP contribution in [0, 0.1) is 0 Å². The maximum absolute atomic E-state index is 5.68. The minimum Gasteiger partial charge on any atom is -0.497 e. The molecule has 0 atom stereocenters. The van der Waals surface area contributed by atoms with Gasteiger partial charge in [0.25, 0.3) is 0 Å². The van der Waals surface area contributed by atoms with Crippen LogP contribution in [0.15, 0.2) is 18.2 Å². The highest BCUT2D eigenvalue weighted by Crippen LogP contribution is 2.22. The van der Waals surface area contributed by atoms with Crippen LogP contribution in [-0.4, -0.2) is 44.2 Å². The Morgan fingerprint density at radius 1 is 1.47 bits per heavy atom. The van der Waals surface area contributed by atoms with Crippen molar-refractivity contribution in [1.82, 2.24) is 4.90 Å². The average molecular weight is 253 g/mol. The normalized spacial score (nSPS) is 10.4. The molecule has 0 unspecified atom stereocenters. The lowest BCUT2D eigenvalue weighted by Gasteiger charge is -2.15. The van der Waals surface area contributed by atoms with E-state index in [2.05, 4.69) is 10.2 Å². The number of nitrogens with one attached hydrogen (secondary N) is 1. The number of benzene rings is 1. The molecule has 0 spiro atoms. The number of nitrogens with zero attached hydrogens (tertiary/aromatic N) is 1. The predicted octanol–water partition coefficient (Wildman–Crippen LogP) is 1.30. The average Bonchev–Trinajstić information content (AvgIpc) is 2.28. The summed E-state index contributed by atoms with van der Waals surface area (Å²) in [6.07, 6.45) is 0. The van der Waals surface area contributed by atoms with E-state index < -0.39 is 0 Å². The number of hydrogen-bond donors (Lipinski definition) is 2. The smallest absolute Gasteiger partial charge is 0.120 e.